The van der Waals surface area contributed by atoms with Crippen molar-refractivity contribution in [2.24, 2.45) is 5.92 Å². The SMILES string of the molecule is O=C([O-])[C@H]1CCCN(C(=S)[S-])C1.[Na+].[Na+]. The second kappa shape index (κ2) is 8.70. The maximum absolute atomic E-state index is 10.5. The van der Waals surface area contributed by atoms with Crippen molar-refractivity contribution in [2.45, 2.75) is 12.8 Å². The summed E-state index contributed by atoms with van der Waals surface area (Å²) in [5, 5.41) is 10.5. The first-order valence-corrected chi connectivity index (χ1v) is 4.59. The molecule has 0 spiro atoms. The molecule has 3 nitrogen and oxygen atoms in total. The molecule has 1 aliphatic heterocycles. The third-order valence-corrected chi connectivity index (χ3v) is 2.53. The van der Waals surface area contributed by atoms with Crippen LogP contribution in [0.4, 0.5) is 0 Å². The number of hydrogen-bond donors (Lipinski definition) is 0. The molecular weight excluding hydrogens is 240 g/mol. The summed E-state index contributed by atoms with van der Waals surface area (Å²) in [7, 11) is 0. The van der Waals surface area contributed by atoms with E-state index in [2.05, 4.69) is 0 Å². The fourth-order valence-electron chi connectivity index (χ4n) is 1.34. The summed E-state index contributed by atoms with van der Waals surface area (Å²) in [5.74, 6) is -1.40. The van der Waals surface area contributed by atoms with Gasteiger partial charge in [0.2, 0.25) is 0 Å². The van der Waals surface area contributed by atoms with Gasteiger partial charge in [-0.3, -0.25) is 0 Å². The predicted molar refractivity (Wildman–Crippen MR) is 49.3 cm³/mol. The Morgan fingerprint density at radius 3 is 2.50 bits per heavy atom. The number of carbonyl (C=O) groups is 1. The second-order valence-electron chi connectivity index (χ2n) is 2.87. The molecule has 0 aromatic heterocycles. The number of carboxylic acids is 1. The minimum atomic E-state index is -0.994. The van der Waals surface area contributed by atoms with Crippen molar-refractivity contribution in [3.05, 3.63) is 0 Å². The van der Waals surface area contributed by atoms with Crippen LogP contribution < -0.4 is 64.2 Å². The molecule has 0 N–H and O–H groups in total. The van der Waals surface area contributed by atoms with Crippen LogP contribution in [-0.2, 0) is 17.4 Å². The molecule has 1 heterocycles. The van der Waals surface area contributed by atoms with Crippen LogP contribution in [-0.4, -0.2) is 28.3 Å². The molecular formula is C7H9NNa2O2S2. The van der Waals surface area contributed by atoms with Gasteiger partial charge in [-0.2, -0.15) is 0 Å². The molecule has 0 radical (unpaired) electrons. The normalized spacial score (nSPS) is 20.3. The molecule has 7 heteroatoms. The number of hydrogen-bond acceptors (Lipinski definition) is 4. The van der Waals surface area contributed by atoms with Crippen molar-refractivity contribution in [2.75, 3.05) is 13.1 Å². The van der Waals surface area contributed by atoms with Crippen LogP contribution in [0.15, 0.2) is 0 Å². The second-order valence-corrected chi connectivity index (χ2v) is 3.90. The summed E-state index contributed by atoms with van der Waals surface area (Å²) >= 11 is 9.56. The zero-order valence-corrected chi connectivity index (χ0v) is 14.1. The molecule has 0 unspecified atom stereocenters. The number of carbonyl (C=O) groups excluding carboxylic acids is 1. The van der Waals surface area contributed by atoms with Crippen LogP contribution in [0.2, 0.25) is 0 Å². The number of piperidine rings is 1. The van der Waals surface area contributed by atoms with Gasteiger partial charge in [-0.25, -0.2) is 0 Å². The van der Waals surface area contributed by atoms with Crippen molar-refractivity contribution in [1.29, 1.82) is 0 Å². The van der Waals surface area contributed by atoms with Gasteiger partial charge in [0.05, 0.1) is 0 Å². The van der Waals surface area contributed by atoms with Gasteiger partial charge in [-0.1, -0.05) is 4.32 Å². The van der Waals surface area contributed by atoms with E-state index in [4.69, 9.17) is 24.8 Å². The Bertz CT molecular complexity index is 196. The Morgan fingerprint density at radius 1 is 1.50 bits per heavy atom. The molecule has 0 aliphatic carbocycles. The zero-order chi connectivity index (χ0) is 9.14. The van der Waals surface area contributed by atoms with Crippen molar-refractivity contribution >= 4 is 35.1 Å². The monoisotopic (exact) mass is 249 g/mol. The van der Waals surface area contributed by atoms with Gasteiger partial charge in [-0.05, 0) is 12.8 Å². The molecule has 68 valence electrons. The van der Waals surface area contributed by atoms with E-state index in [0.717, 1.165) is 13.0 Å². The van der Waals surface area contributed by atoms with Gasteiger partial charge in [0.15, 0.2) is 0 Å². The Balaban J connectivity index is 0. The number of carboxylic acid groups (broad SMARTS) is 1. The van der Waals surface area contributed by atoms with Crippen LogP contribution in [0.1, 0.15) is 12.8 Å². The average molecular weight is 249 g/mol. The molecule has 0 amide bonds. The molecule has 0 aromatic rings. The topological polar surface area (TPSA) is 43.4 Å². The Kier molecular flexibility index (Phi) is 11.2. The molecule has 1 aliphatic rings. The van der Waals surface area contributed by atoms with Gasteiger partial charge >= 0.3 is 59.1 Å². The molecule has 1 atom stereocenters. The third-order valence-electron chi connectivity index (χ3n) is 2.01. The summed E-state index contributed by atoms with van der Waals surface area (Å²) in [5.41, 5.74) is 0. The van der Waals surface area contributed by atoms with E-state index < -0.39 is 11.9 Å². The standard InChI is InChI=1S/C7H11NO2S2.2Na/c9-6(10)5-2-1-3-8(4-5)7(11)12;;/h5H,1-4H2,(H,9,10)(H,11,12);;/q;2*+1/p-2/t5-;;/m0../s1. The fraction of sp³-hybridized carbons (Fsp3) is 0.714. The van der Waals surface area contributed by atoms with Crippen molar-refractivity contribution in [3.63, 3.8) is 0 Å². The van der Waals surface area contributed by atoms with E-state index >= 15 is 0 Å². The van der Waals surface area contributed by atoms with Gasteiger partial charge in [0.1, 0.15) is 0 Å². The Hall–Kier alpha value is 1.58. The predicted octanol–water partition coefficient (Wildman–Crippen LogP) is -6.71. The summed E-state index contributed by atoms with van der Waals surface area (Å²) < 4.78 is 0.362. The number of nitrogens with zero attached hydrogens (tertiary/aromatic N) is 1. The molecule has 1 rings (SSSR count). The summed E-state index contributed by atoms with van der Waals surface area (Å²) in [6.07, 6.45) is 1.51. The maximum atomic E-state index is 10.5. The van der Waals surface area contributed by atoms with Gasteiger partial charge < -0.3 is 39.6 Å². The number of likely N-dealkylation sites (tertiary alicyclic amines) is 1. The molecule has 1 saturated heterocycles. The van der Waals surface area contributed by atoms with Crippen molar-refractivity contribution in [1.82, 2.24) is 4.90 Å². The Labute approximate surface area is 139 Å². The fourth-order valence-corrected chi connectivity index (χ4v) is 1.67. The Morgan fingerprint density at radius 2 is 2.07 bits per heavy atom. The van der Waals surface area contributed by atoms with Gasteiger partial charge in [0.25, 0.3) is 0 Å². The van der Waals surface area contributed by atoms with E-state index in [0.29, 0.717) is 17.3 Å². The maximum Gasteiger partial charge on any atom is 1.00 e. The van der Waals surface area contributed by atoms with E-state index in [9.17, 15) is 9.90 Å². The van der Waals surface area contributed by atoms with Crippen LogP contribution in [0.5, 0.6) is 0 Å². The zero-order valence-electron chi connectivity index (χ0n) is 8.49. The first kappa shape index (κ1) is 18.0. The minimum absolute atomic E-state index is 0. The summed E-state index contributed by atoms with van der Waals surface area (Å²) in [4.78, 5) is 12.3. The molecule has 1 fully saturated rings. The van der Waals surface area contributed by atoms with Gasteiger partial charge in [-0.15, -0.1) is 0 Å². The summed E-state index contributed by atoms with van der Waals surface area (Å²) in [6, 6.07) is 0. The molecule has 0 bridgehead atoms. The van der Waals surface area contributed by atoms with E-state index in [-0.39, 0.29) is 59.1 Å². The molecule has 0 saturated carbocycles. The van der Waals surface area contributed by atoms with Crippen molar-refractivity contribution in [3.8, 4) is 0 Å². The van der Waals surface area contributed by atoms with Crippen LogP contribution in [0.3, 0.4) is 0 Å². The number of thiocarbonyl (C=S) groups is 1. The van der Waals surface area contributed by atoms with E-state index in [1.165, 1.54) is 0 Å². The van der Waals surface area contributed by atoms with Crippen LogP contribution in [0, 0.1) is 5.92 Å². The average Bonchev–Trinajstić information content (AvgIpc) is 2.04. The summed E-state index contributed by atoms with van der Waals surface area (Å²) in [6.45, 7) is 1.21. The van der Waals surface area contributed by atoms with Crippen molar-refractivity contribution < 1.29 is 69.0 Å². The third kappa shape index (κ3) is 5.61. The first-order chi connectivity index (χ1) is 5.61. The largest absolute Gasteiger partial charge is 1.00 e. The quantitative estimate of drug-likeness (QED) is 0.263. The molecule has 14 heavy (non-hydrogen) atoms. The van der Waals surface area contributed by atoms with Crippen LogP contribution in [0.25, 0.3) is 0 Å². The number of aliphatic carboxylic acids is 1. The van der Waals surface area contributed by atoms with Crippen LogP contribution >= 0.6 is 12.2 Å². The molecule has 0 aromatic carbocycles. The first-order valence-electron chi connectivity index (χ1n) is 3.78. The minimum Gasteiger partial charge on any atom is -0.550 e. The van der Waals surface area contributed by atoms with Gasteiger partial charge in [0, 0.05) is 25.0 Å². The smallest absolute Gasteiger partial charge is 0.550 e. The number of rotatable bonds is 1. The van der Waals surface area contributed by atoms with E-state index in [1.54, 1.807) is 4.90 Å². The van der Waals surface area contributed by atoms with E-state index in [1.807, 2.05) is 0 Å².